The third-order valence-electron chi connectivity index (χ3n) is 4.79. The maximum Gasteiger partial charge on any atom is 0.287 e. The topological polar surface area (TPSA) is 85.3 Å². The van der Waals surface area contributed by atoms with E-state index in [4.69, 9.17) is 0 Å². The van der Waals surface area contributed by atoms with Gasteiger partial charge in [0, 0.05) is 34.8 Å². The minimum Gasteiger partial charge on any atom is -0.340 e. The number of benzene rings is 2. The fourth-order valence-corrected chi connectivity index (χ4v) is 3.31. The summed E-state index contributed by atoms with van der Waals surface area (Å²) in [6, 6.07) is 21.5. The summed E-state index contributed by atoms with van der Waals surface area (Å²) in [7, 11) is 0. The molecule has 7 heteroatoms. The Morgan fingerprint density at radius 2 is 1.86 bits per heavy atom. The second-order valence-electron chi connectivity index (χ2n) is 6.62. The number of hydrazone groups is 1. The van der Waals surface area contributed by atoms with Crippen molar-refractivity contribution in [1.29, 1.82) is 0 Å². The van der Waals surface area contributed by atoms with E-state index >= 15 is 0 Å². The molecular formula is C22H19N5O2. The molecule has 0 aliphatic heterocycles. The molecule has 0 aliphatic rings. The van der Waals surface area contributed by atoms with Gasteiger partial charge in [0.25, 0.3) is 5.69 Å². The summed E-state index contributed by atoms with van der Waals surface area (Å²) >= 11 is 0. The van der Waals surface area contributed by atoms with Crippen LogP contribution < -0.4 is 5.43 Å². The first-order valence-corrected chi connectivity index (χ1v) is 9.15. The Balaban J connectivity index is 1.62. The number of rotatable bonds is 6. The number of aromatic nitrogens is 2. The van der Waals surface area contributed by atoms with E-state index in [9.17, 15) is 10.1 Å². The molecule has 0 spiro atoms. The van der Waals surface area contributed by atoms with Crippen LogP contribution in [0, 0.1) is 17.0 Å². The molecule has 29 heavy (non-hydrogen) atoms. The summed E-state index contributed by atoms with van der Waals surface area (Å²) in [4.78, 5) is 14.2. The molecule has 2 aromatic heterocycles. The van der Waals surface area contributed by atoms with Gasteiger partial charge in [-0.2, -0.15) is 5.10 Å². The Bertz CT molecular complexity index is 1180. The molecule has 4 aromatic rings. The van der Waals surface area contributed by atoms with Gasteiger partial charge in [0.05, 0.1) is 11.1 Å². The molecule has 0 unspecified atom stereocenters. The van der Waals surface area contributed by atoms with Gasteiger partial charge in [0.1, 0.15) is 12.0 Å². The smallest absolute Gasteiger partial charge is 0.287 e. The Morgan fingerprint density at radius 1 is 1.10 bits per heavy atom. The molecule has 0 amide bonds. The molecule has 2 aromatic carbocycles. The summed E-state index contributed by atoms with van der Waals surface area (Å²) < 4.78 is 2.27. The molecule has 144 valence electrons. The average Bonchev–Trinajstić information content (AvgIpc) is 3.01. The number of nitro groups is 1. The fraction of sp³-hybridized carbons (Fsp3) is 0.0909. The second kappa shape index (κ2) is 7.93. The molecule has 0 atom stereocenters. The third kappa shape index (κ3) is 3.84. The zero-order valence-electron chi connectivity index (χ0n) is 15.8. The van der Waals surface area contributed by atoms with E-state index in [1.807, 2.05) is 30.3 Å². The van der Waals surface area contributed by atoms with Crippen LogP contribution in [-0.4, -0.2) is 20.7 Å². The minimum absolute atomic E-state index is 0.0562. The van der Waals surface area contributed by atoms with Crippen molar-refractivity contribution in [3.63, 3.8) is 0 Å². The molecule has 2 heterocycles. The Labute approximate surface area is 167 Å². The highest BCUT2D eigenvalue weighted by atomic mass is 16.6. The van der Waals surface area contributed by atoms with Crippen LogP contribution in [0.15, 0.2) is 78.0 Å². The summed E-state index contributed by atoms with van der Waals surface area (Å²) in [6.45, 7) is 2.85. The number of hydrogen-bond acceptors (Lipinski definition) is 5. The van der Waals surface area contributed by atoms with Gasteiger partial charge < -0.3 is 4.57 Å². The maximum atomic E-state index is 10.7. The van der Waals surface area contributed by atoms with Crippen molar-refractivity contribution in [2.24, 2.45) is 5.10 Å². The van der Waals surface area contributed by atoms with Crippen LogP contribution in [0.3, 0.4) is 0 Å². The molecule has 0 bridgehead atoms. The highest BCUT2D eigenvalue weighted by molar-refractivity contribution is 6.01. The highest BCUT2D eigenvalue weighted by Gasteiger charge is 2.12. The maximum absolute atomic E-state index is 10.7. The molecule has 7 nitrogen and oxygen atoms in total. The van der Waals surface area contributed by atoms with Crippen molar-refractivity contribution in [2.75, 3.05) is 5.43 Å². The van der Waals surface area contributed by atoms with E-state index < -0.39 is 4.92 Å². The molecule has 0 saturated heterocycles. The van der Waals surface area contributed by atoms with Crippen LogP contribution in [0.4, 0.5) is 11.5 Å². The number of anilines is 1. The third-order valence-corrected chi connectivity index (χ3v) is 4.79. The number of para-hydroxylation sites is 1. The molecule has 0 radical (unpaired) electrons. The van der Waals surface area contributed by atoms with Gasteiger partial charge in [-0.3, -0.25) is 15.5 Å². The number of fused-ring (bicyclic) bond motifs is 1. The number of nitrogens with one attached hydrogen (secondary N) is 1. The van der Waals surface area contributed by atoms with E-state index in [2.05, 4.69) is 51.3 Å². The van der Waals surface area contributed by atoms with Crippen molar-refractivity contribution >= 4 is 28.6 Å². The fourth-order valence-electron chi connectivity index (χ4n) is 3.31. The molecule has 4 rings (SSSR count). The monoisotopic (exact) mass is 385 g/mol. The molecule has 1 N–H and O–H groups in total. The standard InChI is InChI=1S/C22H19N5O2/c1-16-20(14-24-25-22-12-11-18(13-23-22)27(28)29)19-9-5-6-10-21(19)26(16)15-17-7-3-2-4-8-17/h2-14H,15H2,1H3,(H,23,25). The number of pyridine rings is 1. The van der Waals surface area contributed by atoms with Gasteiger partial charge >= 0.3 is 0 Å². The first-order chi connectivity index (χ1) is 14.1. The van der Waals surface area contributed by atoms with Crippen molar-refractivity contribution in [2.45, 2.75) is 13.5 Å². The highest BCUT2D eigenvalue weighted by Crippen LogP contribution is 2.25. The van der Waals surface area contributed by atoms with Crippen molar-refractivity contribution in [1.82, 2.24) is 9.55 Å². The summed E-state index contributed by atoms with van der Waals surface area (Å²) in [5.41, 5.74) is 7.28. The van der Waals surface area contributed by atoms with Crippen LogP contribution in [0.5, 0.6) is 0 Å². The lowest BCUT2D eigenvalue weighted by molar-refractivity contribution is -0.385. The van der Waals surface area contributed by atoms with E-state index in [0.29, 0.717) is 5.82 Å². The van der Waals surface area contributed by atoms with Gasteiger partial charge in [0.15, 0.2) is 0 Å². The minimum atomic E-state index is -0.481. The van der Waals surface area contributed by atoms with Gasteiger partial charge in [-0.25, -0.2) is 4.98 Å². The van der Waals surface area contributed by atoms with Crippen molar-refractivity contribution < 1.29 is 4.92 Å². The molecule has 0 saturated carbocycles. The first-order valence-electron chi connectivity index (χ1n) is 9.15. The Hall–Kier alpha value is -4.00. The number of nitrogens with zero attached hydrogens (tertiary/aromatic N) is 4. The SMILES string of the molecule is Cc1c(C=NNc2ccc([N+](=O)[O-])cn2)c2ccccc2n1Cc1ccccc1. The van der Waals surface area contributed by atoms with Gasteiger partial charge in [0.2, 0.25) is 0 Å². The first kappa shape index (κ1) is 18.4. The zero-order valence-corrected chi connectivity index (χ0v) is 15.8. The summed E-state index contributed by atoms with van der Waals surface area (Å²) in [5, 5.41) is 16.1. The van der Waals surface area contributed by atoms with Crippen LogP contribution in [0.2, 0.25) is 0 Å². The van der Waals surface area contributed by atoms with E-state index in [1.165, 1.54) is 23.9 Å². The van der Waals surface area contributed by atoms with Crippen LogP contribution >= 0.6 is 0 Å². The van der Waals surface area contributed by atoms with E-state index in [1.54, 1.807) is 6.21 Å². The summed E-state index contributed by atoms with van der Waals surface area (Å²) in [6.07, 6.45) is 2.97. The molecular weight excluding hydrogens is 366 g/mol. The molecule has 0 aliphatic carbocycles. The predicted octanol–water partition coefficient (Wildman–Crippen LogP) is 4.75. The lowest BCUT2D eigenvalue weighted by Gasteiger charge is -2.08. The Morgan fingerprint density at radius 3 is 2.59 bits per heavy atom. The van der Waals surface area contributed by atoms with Gasteiger partial charge in [-0.1, -0.05) is 48.5 Å². The summed E-state index contributed by atoms with van der Waals surface area (Å²) in [5.74, 6) is 0.442. The normalized spacial score (nSPS) is 11.2. The predicted molar refractivity (Wildman–Crippen MR) is 114 cm³/mol. The van der Waals surface area contributed by atoms with Crippen LogP contribution in [-0.2, 0) is 6.54 Å². The number of hydrogen-bond donors (Lipinski definition) is 1. The van der Waals surface area contributed by atoms with Crippen molar-refractivity contribution in [3.8, 4) is 0 Å². The van der Waals surface area contributed by atoms with Gasteiger partial charge in [-0.15, -0.1) is 0 Å². The lowest BCUT2D eigenvalue weighted by atomic mass is 10.1. The van der Waals surface area contributed by atoms with Crippen LogP contribution in [0.1, 0.15) is 16.8 Å². The quantitative estimate of drug-likeness (QED) is 0.295. The van der Waals surface area contributed by atoms with E-state index in [-0.39, 0.29) is 5.69 Å². The largest absolute Gasteiger partial charge is 0.340 e. The lowest BCUT2D eigenvalue weighted by Crippen LogP contribution is -2.02. The van der Waals surface area contributed by atoms with Crippen LogP contribution in [0.25, 0.3) is 10.9 Å². The second-order valence-corrected chi connectivity index (χ2v) is 6.62. The van der Waals surface area contributed by atoms with E-state index in [0.717, 1.165) is 28.7 Å². The van der Waals surface area contributed by atoms with Crippen molar-refractivity contribution in [3.05, 3.63) is 99.9 Å². The Kier molecular flexibility index (Phi) is 5.03. The van der Waals surface area contributed by atoms with Gasteiger partial charge in [-0.05, 0) is 24.6 Å². The average molecular weight is 385 g/mol. The zero-order chi connectivity index (χ0) is 20.2. The molecule has 0 fully saturated rings.